The number of ketones is 1. The van der Waals surface area contributed by atoms with Gasteiger partial charge in [0, 0.05) is 0 Å². The smallest absolute Gasteiger partial charge is 0.294 e. The van der Waals surface area contributed by atoms with E-state index in [-0.39, 0.29) is 5.69 Å². The van der Waals surface area contributed by atoms with Crippen LogP contribution in [0.15, 0.2) is 30.5 Å². The normalized spacial score (nSPS) is 11.6. The maximum absolute atomic E-state index is 13.5. The van der Waals surface area contributed by atoms with Gasteiger partial charge in [-0.1, -0.05) is 12.1 Å². The number of benzene rings is 1. The van der Waals surface area contributed by atoms with Crippen LogP contribution in [-0.4, -0.2) is 15.6 Å². The molecule has 0 bridgehead atoms. The molecule has 0 aliphatic rings. The van der Waals surface area contributed by atoms with Gasteiger partial charge >= 0.3 is 6.18 Å². The molecule has 2 rings (SSSR count). The molecule has 0 fully saturated rings. The number of hydrogen-bond donors (Lipinski definition) is 0. The van der Waals surface area contributed by atoms with E-state index in [4.69, 9.17) is 0 Å². The predicted molar refractivity (Wildman–Crippen MR) is 58.5 cm³/mol. The van der Waals surface area contributed by atoms with Crippen LogP contribution in [0.4, 0.5) is 17.6 Å². The molecule has 1 aromatic carbocycles. The minimum absolute atomic E-state index is 0.359. The molecule has 0 atom stereocenters. The van der Waals surface area contributed by atoms with Gasteiger partial charge in [-0.2, -0.15) is 18.3 Å². The lowest BCUT2D eigenvalue weighted by Gasteiger charge is -2.12. The van der Waals surface area contributed by atoms with Crippen LogP contribution in [0, 0.1) is 5.82 Å². The number of para-hydroxylation sites is 1. The van der Waals surface area contributed by atoms with Crippen LogP contribution in [0.1, 0.15) is 23.0 Å². The number of rotatable bonds is 2. The fraction of sp³-hybridized carbons (Fsp3) is 0.167. The Bertz CT molecular complexity index is 631. The van der Waals surface area contributed by atoms with Gasteiger partial charge in [-0.25, -0.2) is 9.07 Å². The SMILES string of the molecule is CC(=O)c1cnn(-c2ccccc2F)c1C(F)(F)F. The van der Waals surface area contributed by atoms with Crippen molar-refractivity contribution in [3.63, 3.8) is 0 Å². The first-order valence-corrected chi connectivity index (χ1v) is 5.23. The number of nitrogens with zero attached hydrogens (tertiary/aromatic N) is 2. The number of aromatic nitrogens is 2. The summed E-state index contributed by atoms with van der Waals surface area (Å²) in [6.45, 7) is 0.998. The van der Waals surface area contributed by atoms with E-state index in [1.54, 1.807) is 0 Å². The van der Waals surface area contributed by atoms with Gasteiger partial charge in [-0.15, -0.1) is 0 Å². The van der Waals surface area contributed by atoms with Gasteiger partial charge in [0.25, 0.3) is 0 Å². The lowest BCUT2D eigenvalue weighted by Crippen LogP contribution is -2.17. The van der Waals surface area contributed by atoms with Gasteiger partial charge in [0.15, 0.2) is 11.5 Å². The van der Waals surface area contributed by atoms with Crippen LogP contribution < -0.4 is 0 Å². The Labute approximate surface area is 105 Å². The van der Waals surface area contributed by atoms with Crippen molar-refractivity contribution < 1.29 is 22.4 Å². The second-order valence-corrected chi connectivity index (χ2v) is 3.82. The molecule has 1 heterocycles. The zero-order chi connectivity index (χ0) is 14.2. The summed E-state index contributed by atoms with van der Waals surface area (Å²) >= 11 is 0. The Balaban J connectivity index is 2.73. The molecule has 100 valence electrons. The van der Waals surface area contributed by atoms with Crippen LogP contribution in [-0.2, 0) is 6.18 Å². The summed E-state index contributed by atoms with van der Waals surface area (Å²) < 4.78 is 52.9. The average Bonchev–Trinajstić information content (AvgIpc) is 2.73. The van der Waals surface area contributed by atoms with Crippen molar-refractivity contribution in [1.29, 1.82) is 0 Å². The van der Waals surface area contributed by atoms with Gasteiger partial charge < -0.3 is 0 Å². The number of hydrogen-bond acceptors (Lipinski definition) is 2. The van der Waals surface area contributed by atoms with Crippen LogP contribution in [0.25, 0.3) is 5.69 Å². The standard InChI is InChI=1S/C12H8F4N2O/c1-7(19)8-6-17-18(11(8)12(14,15)16)10-5-3-2-4-9(10)13/h2-6H,1H3. The van der Waals surface area contributed by atoms with Gasteiger partial charge in [-0.05, 0) is 19.1 Å². The van der Waals surface area contributed by atoms with E-state index < -0.39 is 29.0 Å². The molecule has 0 N–H and O–H groups in total. The highest BCUT2D eigenvalue weighted by Crippen LogP contribution is 2.34. The predicted octanol–water partition coefficient (Wildman–Crippen LogP) is 3.23. The van der Waals surface area contributed by atoms with Crippen LogP contribution in [0.5, 0.6) is 0 Å². The summed E-state index contributed by atoms with van der Waals surface area (Å²) in [5, 5.41) is 3.47. The van der Waals surface area contributed by atoms with Crippen molar-refractivity contribution in [3.05, 3.63) is 47.5 Å². The van der Waals surface area contributed by atoms with E-state index in [9.17, 15) is 22.4 Å². The summed E-state index contributed by atoms with van der Waals surface area (Å²) in [5.74, 6) is -1.64. The van der Waals surface area contributed by atoms with Crippen molar-refractivity contribution in [2.45, 2.75) is 13.1 Å². The van der Waals surface area contributed by atoms with Gasteiger partial charge in [-0.3, -0.25) is 4.79 Å². The van der Waals surface area contributed by atoms with E-state index in [0.29, 0.717) is 4.68 Å². The van der Waals surface area contributed by atoms with E-state index >= 15 is 0 Å². The highest BCUT2D eigenvalue weighted by molar-refractivity contribution is 5.95. The fourth-order valence-corrected chi connectivity index (χ4v) is 1.69. The quantitative estimate of drug-likeness (QED) is 0.621. The first-order valence-electron chi connectivity index (χ1n) is 5.23. The Kier molecular flexibility index (Phi) is 3.13. The van der Waals surface area contributed by atoms with Crippen molar-refractivity contribution in [2.24, 2.45) is 0 Å². The maximum Gasteiger partial charge on any atom is 0.434 e. The first kappa shape index (κ1) is 13.3. The molecule has 0 saturated heterocycles. The molecular formula is C12H8F4N2O. The van der Waals surface area contributed by atoms with E-state index in [1.165, 1.54) is 12.1 Å². The molecule has 1 aromatic heterocycles. The van der Waals surface area contributed by atoms with Crippen molar-refractivity contribution >= 4 is 5.78 Å². The third kappa shape index (κ3) is 2.35. The minimum atomic E-state index is -4.81. The van der Waals surface area contributed by atoms with Crippen LogP contribution in [0.3, 0.4) is 0 Å². The van der Waals surface area contributed by atoms with Gasteiger partial charge in [0.1, 0.15) is 11.5 Å². The summed E-state index contributed by atoms with van der Waals surface area (Å²) in [7, 11) is 0. The van der Waals surface area contributed by atoms with Gasteiger partial charge in [0.05, 0.1) is 11.8 Å². The van der Waals surface area contributed by atoms with Gasteiger partial charge in [0.2, 0.25) is 0 Å². The Hall–Kier alpha value is -2.18. The zero-order valence-corrected chi connectivity index (χ0v) is 9.70. The minimum Gasteiger partial charge on any atom is -0.294 e. The van der Waals surface area contributed by atoms with E-state index in [0.717, 1.165) is 25.3 Å². The monoisotopic (exact) mass is 272 g/mol. The zero-order valence-electron chi connectivity index (χ0n) is 9.70. The number of carbonyl (C=O) groups excluding carboxylic acids is 1. The van der Waals surface area contributed by atoms with Crippen LogP contribution in [0.2, 0.25) is 0 Å². The topological polar surface area (TPSA) is 34.9 Å². The van der Waals surface area contributed by atoms with Crippen molar-refractivity contribution in [1.82, 2.24) is 9.78 Å². The van der Waals surface area contributed by atoms with E-state index in [1.807, 2.05) is 0 Å². The highest BCUT2D eigenvalue weighted by Gasteiger charge is 2.40. The largest absolute Gasteiger partial charge is 0.434 e. The first-order chi connectivity index (χ1) is 8.82. The summed E-state index contributed by atoms with van der Waals surface area (Å²) in [6.07, 6.45) is -4.02. The lowest BCUT2D eigenvalue weighted by atomic mass is 10.1. The Morgan fingerprint density at radius 3 is 2.42 bits per heavy atom. The van der Waals surface area contributed by atoms with Crippen molar-refractivity contribution in [2.75, 3.05) is 0 Å². The van der Waals surface area contributed by atoms with Crippen molar-refractivity contribution in [3.8, 4) is 5.69 Å². The van der Waals surface area contributed by atoms with Crippen LogP contribution >= 0.6 is 0 Å². The molecule has 3 nitrogen and oxygen atoms in total. The lowest BCUT2D eigenvalue weighted by molar-refractivity contribution is -0.143. The second kappa shape index (κ2) is 4.49. The third-order valence-electron chi connectivity index (χ3n) is 2.50. The molecule has 0 spiro atoms. The molecule has 2 aromatic rings. The molecular weight excluding hydrogens is 264 g/mol. The molecule has 0 unspecified atom stereocenters. The molecule has 0 amide bonds. The average molecular weight is 272 g/mol. The molecule has 0 aliphatic carbocycles. The summed E-state index contributed by atoms with van der Waals surface area (Å²) in [4.78, 5) is 11.2. The maximum atomic E-state index is 13.5. The number of Topliss-reactive ketones (excluding diaryl/α,β-unsaturated/α-hetero) is 1. The molecule has 0 saturated carbocycles. The fourth-order valence-electron chi connectivity index (χ4n) is 1.69. The Morgan fingerprint density at radius 2 is 1.89 bits per heavy atom. The Morgan fingerprint density at radius 1 is 1.26 bits per heavy atom. The third-order valence-corrected chi connectivity index (χ3v) is 2.50. The van der Waals surface area contributed by atoms with E-state index in [2.05, 4.69) is 5.10 Å². The molecule has 0 radical (unpaired) electrons. The highest BCUT2D eigenvalue weighted by atomic mass is 19.4. The number of carbonyl (C=O) groups is 1. The molecule has 0 aliphatic heterocycles. The summed E-state index contributed by atoms with van der Waals surface area (Å²) in [5.41, 5.74) is -2.22. The summed E-state index contributed by atoms with van der Waals surface area (Å²) in [6, 6.07) is 4.90. The molecule has 7 heteroatoms. The number of halogens is 4. The second-order valence-electron chi connectivity index (χ2n) is 3.82. The molecule has 19 heavy (non-hydrogen) atoms. The number of alkyl halides is 3.